The van der Waals surface area contributed by atoms with Crippen LogP contribution in [-0.2, 0) is 11.2 Å². The summed E-state index contributed by atoms with van der Waals surface area (Å²) in [5, 5.41) is 8.71. The lowest BCUT2D eigenvalue weighted by Gasteiger charge is -2.22. The molecule has 1 heterocycles. The van der Waals surface area contributed by atoms with Gasteiger partial charge in [-0.1, -0.05) is 13.8 Å². The predicted octanol–water partition coefficient (Wildman–Crippen LogP) is 2.12. The van der Waals surface area contributed by atoms with Crippen molar-refractivity contribution in [2.24, 2.45) is 5.41 Å². The van der Waals surface area contributed by atoms with Crippen LogP contribution in [0.5, 0.6) is 0 Å². The molecule has 1 aromatic rings. The van der Waals surface area contributed by atoms with Crippen LogP contribution in [0.2, 0.25) is 0 Å². The smallest absolute Gasteiger partial charge is 0.303 e. The Morgan fingerprint density at radius 3 is 2.50 bits per heavy atom. The number of rotatable bonds is 4. The summed E-state index contributed by atoms with van der Waals surface area (Å²) in [6.07, 6.45) is 4.41. The summed E-state index contributed by atoms with van der Waals surface area (Å²) >= 11 is 0. The highest BCUT2D eigenvalue weighted by atomic mass is 16.4. The first-order chi connectivity index (χ1) is 6.49. The number of aliphatic carboxylic acids is 1. The third-order valence-corrected chi connectivity index (χ3v) is 2.06. The monoisotopic (exact) mass is 193 g/mol. The molecule has 1 aromatic heterocycles. The third kappa shape index (κ3) is 3.56. The molecule has 76 valence electrons. The average Bonchev–Trinajstić information content (AvgIpc) is 2.02. The molecule has 0 bridgehead atoms. The summed E-state index contributed by atoms with van der Waals surface area (Å²) in [5.41, 5.74) is 0.930. The van der Waals surface area contributed by atoms with Crippen LogP contribution in [-0.4, -0.2) is 16.1 Å². The molecule has 0 saturated heterocycles. The van der Waals surface area contributed by atoms with E-state index in [9.17, 15) is 4.79 Å². The second kappa shape index (κ2) is 4.22. The Bertz CT molecular complexity index is 306. The fourth-order valence-electron chi connectivity index (χ4n) is 1.53. The van der Waals surface area contributed by atoms with Crippen LogP contribution in [0.4, 0.5) is 0 Å². The standard InChI is InChI=1S/C11H15NO2/c1-11(2,8-10(13)14)7-9-3-5-12-6-4-9/h3-6H,7-8H2,1-2H3,(H,13,14). The zero-order chi connectivity index (χ0) is 10.6. The molecule has 0 atom stereocenters. The minimum atomic E-state index is -0.746. The second-order valence-electron chi connectivity index (χ2n) is 4.27. The molecule has 0 amide bonds. The van der Waals surface area contributed by atoms with Crippen LogP contribution >= 0.6 is 0 Å². The van der Waals surface area contributed by atoms with Crippen molar-refractivity contribution in [1.29, 1.82) is 0 Å². The number of aromatic nitrogens is 1. The summed E-state index contributed by atoms with van der Waals surface area (Å²) in [6.45, 7) is 3.92. The highest BCUT2D eigenvalue weighted by Crippen LogP contribution is 2.25. The van der Waals surface area contributed by atoms with Gasteiger partial charge in [0, 0.05) is 12.4 Å². The molecule has 0 aliphatic carbocycles. The van der Waals surface area contributed by atoms with Gasteiger partial charge in [-0.25, -0.2) is 0 Å². The van der Waals surface area contributed by atoms with E-state index in [1.807, 2.05) is 26.0 Å². The van der Waals surface area contributed by atoms with Crippen molar-refractivity contribution in [3.63, 3.8) is 0 Å². The lowest BCUT2D eigenvalue weighted by molar-refractivity contribution is -0.139. The number of pyridine rings is 1. The normalized spacial score (nSPS) is 11.3. The van der Waals surface area contributed by atoms with E-state index in [4.69, 9.17) is 5.11 Å². The Kier molecular flexibility index (Phi) is 3.23. The Morgan fingerprint density at radius 2 is 2.00 bits per heavy atom. The summed E-state index contributed by atoms with van der Waals surface area (Å²) in [5.74, 6) is -0.746. The zero-order valence-electron chi connectivity index (χ0n) is 8.53. The molecule has 0 unspecified atom stereocenters. The van der Waals surface area contributed by atoms with Gasteiger partial charge < -0.3 is 5.11 Å². The first-order valence-electron chi connectivity index (χ1n) is 4.60. The van der Waals surface area contributed by atoms with Gasteiger partial charge in [-0.15, -0.1) is 0 Å². The van der Waals surface area contributed by atoms with E-state index < -0.39 is 5.97 Å². The first-order valence-corrected chi connectivity index (χ1v) is 4.60. The second-order valence-corrected chi connectivity index (χ2v) is 4.27. The molecule has 0 aliphatic rings. The van der Waals surface area contributed by atoms with Crippen LogP contribution in [0.3, 0.4) is 0 Å². The Hall–Kier alpha value is -1.38. The maximum absolute atomic E-state index is 10.6. The Morgan fingerprint density at radius 1 is 1.43 bits per heavy atom. The molecule has 0 spiro atoms. The molecule has 0 aliphatic heterocycles. The molecular formula is C11H15NO2. The Labute approximate surface area is 83.8 Å². The highest BCUT2D eigenvalue weighted by molar-refractivity contribution is 5.67. The third-order valence-electron chi connectivity index (χ3n) is 2.06. The first kappa shape index (κ1) is 10.7. The molecule has 0 radical (unpaired) electrons. The largest absolute Gasteiger partial charge is 0.481 e. The van der Waals surface area contributed by atoms with Crippen LogP contribution in [0.15, 0.2) is 24.5 Å². The van der Waals surface area contributed by atoms with E-state index in [1.165, 1.54) is 0 Å². The molecule has 0 fully saturated rings. The molecule has 14 heavy (non-hydrogen) atoms. The van der Waals surface area contributed by atoms with Gasteiger partial charge in [0.25, 0.3) is 0 Å². The van der Waals surface area contributed by atoms with Gasteiger partial charge in [0.15, 0.2) is 0 Å². The molecule has 1 N–H and O–H groups in total. The number of carboxylic acids is 1. The van der Waals surface area contributed by atoms with E-state index >= 15 is 0 Å². The van der Waals surface area contributed by atoms with Gasteiger partial charge in [0.2, 0.25) is 0 Å². The summed E-state index contributed by atoms with van der Waals surface area (Å²) < 4.78 is 0. The summed E-state index contributed by atoms with van der Waals surface area (Å²) in [7, 11) is 0. The van der Waals surface area contributed by atoms with Crippen molar-refractivity contribution in [3.8, 4) is 0 Å². The fourth-order valence-corrected chi connectivity index (χ4v) is 1.53. The maximum Gasteiger partial charge on any atom is 0.303 e. The summed E-state index contributed by atoms with van der Waals surface area (Å²) in [6, 6.07) is 3.84. The van der Waals surface area contributed by atoms with E-state index in [2.05, 4.69) is 4.98 Å². The lowest BCUT2D eigenvalue weighted by atomic mass is 9.83. The van der Waals surface area contributed by atoms with Gasteiger partial charge >= 0.3 is 5.97 Å². The average molecular weight is 193 g/mol. The van der Waals surface area contributed by atoms with E-state index in [0.29, 0.717) is 0 Å². The van der Waals surface area contributed by atoms with E-state index in [0.717, 1.165) is 12.0 Å². The van der Waals surface area contributed by atoms with Crippen LogP contribution in [0.25, 0.3) is 0 Å². The number of nitrogens with zero attached hydrogens (tertiary/aromatic N) is 1. The summed E-state index contributed by atoms with van der Waals surface area (Å²) in [4.78, 5) is 14.5. The molecule has 3 heteroatoms. The van der Waals surface area contributed by atoms with Crippen molar-refractivity contribution in [1.82, 2.24) is 4.98 Å². The molecule has 0 aromatic carbocycles. The van der Waals surface area contributed by atoms with Crippen LogP contribution in [0, 0.1) is 5.41 Å². The van der Waals surface area contributed by atoms with Crippen LogP contribution < -0.4 is 0 Å². The molecule has 0 saturated carbocycles. The molecular weight excluding hydrogens is 178 g/mol. The van der Waals surface area contributed by atoms with Crippen molar-refractivity contribution >= 4 is 5.97 Å². The van der Waals surface area contributed by atoms with E-state index in [-0.39, 0.29) is 11.8 Å². The van der Waals surface area contributed by atoms with Gasteiger partial charge in [0.1, 0.15) is 0 Å². The minimum Gasteiger partial charge on any atom is -0.481 e. The number of hydrogen-bond acceptors (Lipinski definition) is 2. The number of carbonyl (C=O) groups is 1. The predicted molar refractivity (Wildman–Crippen MR) is 54.0 cm³/mol. The SMILES string of the molecule is CC(C)(CC(=O)O)Cc1ccncc1. The fraction of sp³-hybridized carbons (Fsp3) is 0.455. The lowest BCUT2D eigenvalue weighted by Crippen LogP contribution is -2.19. The van der Waals surface area contributed by atoms with Gasteiger partial charge in [0.05, 0.1) is 6.42 Å². The maximum atomic E-state index is 10.6. The van der Waals surface area contributed by atoms with Gasteiger partial charge in [-0.05, 0) is 29.5 Å². The minimum absolute atomic E-state index is 0.190. The van der Waals surface area contributed by atoms with Gasteiger partial charge in [-0.3, -0.25) is 9.78 Å². The topological polar surface area (TPSA) is 50.2 Å². The number of carboxylic acid groups (broad SMARTS) is 1. The molecule has 1 rings (SSSR count). The number of hydrogen-bond donors (Lipinski definition) is 1. The van der Waals surface area contributed by atoms with Crippen molar-refractivity contribution < 1.29 is 9.90 Å². The van der Waals surface area contributed by atoms with Crippen molar-refractivity contribution in [2.75, 3.05) is 0 Å². The highest BCUT2D eigenvalue weighted by Gasteiger charge is 2.21. The van der Waals surface area contributed by atoms with E-state index in [1.54, 1.807) is 12.4 Å². The zero-order valence-corrected chi connectivity index (χ0v) is 8.53. The van der Waals surface area contributed by atoms with Crippen molar-refractivity contribution in [3.05, 3.63) is 30.1 Å². The molecule has 3 nitrogen and oxygen atoms in total. The Balaban J connectivity index is 2.63. The van der Waals surface area contributed by atoms with Crippen molar-refractivity contribution in [2.45, 2.75) is 26.7 Å². The van der Waals surface area contributed by atoms with Crippen LogP contribution in [0.1, 0.15) is 25.8 Å². The van der Waals surface area contributed by atoms with Gasteiger partial charge in [-0.2, -0.15) is 0 Å². The quantitative estimate of drug-likeness (QED) is 0.796.